The molecule has 0 aliphatic heterocycles. The SMILES string of the molecule is CCOc1ccc(CC(OC(C)C)C(=O)O)cc1N(C(=O)OC)c1cnc2ccccc2c1. The van der Waals surface area contributed by atoms with Gasteiger partial charge in [0.2, 0.25) is 0 Å². The van der Waals surface area contributed by atoms with Crippen molar-refractivity contribution in [2.75, 3.05) is 18.6 Å². The van der Waals surface area contributed by atoms with Gasteiger partial charge in [-0.2, -0.15) is 0 Å². The summed E-state index contributed by atoms with van der Waals surface area (Å²) < 4.78 is 16.4. The molecule has 1 aromatic heterocycles. The van der Waals surface area contributed by atoms with Crippen LogP contribution in [0.25, 0.3) is 10.9 Å². The minimum Gasteiger partial charge on any atom is -0.492 e. The van der Waals surface area contributed by atoms with Crippen LogP contribution in [-0.4, -0.2) is 48.1 Å². The topological polar surface area (TPSA) is 98.2 Å². The van der Waals surface area contributed by atoms with Gasteiger partial charge >= 0.3 is 12.1 Å². The van der Waals surface area contributed by atoms with Crippen molar-refractivity contribution in [1.82, 2.24) is 4.98 Å². The summed E-state index contributed by atoms with van der Waals surface area (Å²) in [4.78, 5) is 30.4. The Morgan fingerprint density at radius 1 is 1.12 bits per heavy atom. The summed E-state index contributed by atoms with van der Waals surface area (Å²) in [7, 11) is 1.30. The molecule has 3 aromatic rings. The molecular weight excluding hydrogens is 424 g/mol. The number of hydrogen-bond acceptors (Lipinski definition) is 6. The summed E-state index contributed by atoms with van der Waals surface area (Å²) in [5.41, 5.74) is 2.38. The number of carboxylic acids is 1. The highest BCUT2D eigenvalue weighted by atomic mass is 16.5. The van der Waals surface area contributed by atoms with Gasteiger partial charge in [-0.25, -0.2) is 14.5 Å². The van der Waals surface area contributed by atoms with Gasteiger partial charge in [0, 0.05) is 11.8 Å². The summed E-state index contributed by atoms with van der Waals surface area (Å²) in [6, 6.07) is 14.6. The summed E-state index contributed by atoms with van der Waals surface area (Å²) in [5, 5.41) is 10.4. The molecule has 0 saturated carbocycles. The molecule has 1 heterocycles. The number of ether oxygens (including phenoxy) is 3. The lowest BCUT2D eigenvalue weighted by Crippen LogP contribution is -2.29. The van der Waals surface area contributed by atoms with Crippen LogP contribution >= 0.6 is 0 Å². The fraction of sp³-hybridized carbons (Fsp3) is 0.320. The van der Waals surface area contributed by atoms with E-state index in [1.165, 1.54) is 12.0 Å². The van der Waals surface area contributed by atoms with Crippen LogP contribution < -0.4 is 9.64 Å². The molecule has 0 bridgehead atoms. The van der Waals surface area contributed by atoms with Crippen LogP contribution in [0.4, 0.5) is 16.2 Å². The van der Waals surface area contributed by atoms with Crippen LogP contribution in [0, 0.1) is 0 Å². The molecule has 0 radical (unpaired) electrons. The molecule has 174 valence electrons. The molecule has 1 unspecified atom stereocenters. The number of aromatic nitrogens is 1. The number of aliphatic carboxylic acids is 1. The van der Waals surface area contributed by atoms with Crippen LogP contribution in [0.1, 0.15) is 26.3 Å². The molecular formula is C25H28N2O6. The van der Waals surface area contributed by atoms with Crippen molar-refractivity contribution in [1.29, 1.82) is 0 Å². The van der Waals surface area contributed by atoms with Gasteiger partial charge in [0.15, 0.2) is 6.10 Å². The highest BCUT2D eigenvalue weighted by Gasteiger charge is 2.26. The van der Waals surface area contributed by atoms with Crippen molar-refractivity contribution < 1.29 is 28.9 Å². The number of amides is 1. The van der Waals surface area contributed by atoms with Crippen molar-refractivity contribution in [2.24, 2.45) is 0 Å². The van der Waals surface area contributed by atoms with Gasteiger partial charge in [0.05, 0.1) is 42.9 Å². The summed E-state index contributed by atoms with van der Waals surface area (Å²) in [6.07, 6.45) is -0.187. The van der Waals surface area contributed by atoms with E-state index in [9.17, 15) is 14.7 Å². The van der Waals surface area contributed by atoms with E-state index in [2.05, 4.69) is 4.98 Å². The van der Waals surface area contributed by atoms with Crippen molar-refractivity contribution >= 4 is 34.3 Å². The molecule has 33 heavy (non-hydrogen) atoms. The average Bonchev–Trinajstić information content (AvgIpc) is 2.79. The normalized spacial score (nSPS) is 11.9. The summed E-state index contributed by atoms with van der Waals surface area (Å²) in [6.45, 7) is 5.79. The number of nitrogens with zero attached hydrogens (tertiary/aromatic N) is 2. The van der Waals surface area contributed by atoms with E-state index in [0.29, 0.717) is 29.3 Å². The minimum absolute atomic E-state index is 0.123. The molecule has 0 fully saturated rings. The van der Waals surface area contributed by atoms with E-state index in [-0.39, 0.29) is 12.5 Å². The third-order valence-corrected chi connectivity index (χ3v) is 4.89. The van der Waals surface area contributed by atoms with Gasteiger partial charge in [0.1, 0.15) is 5.75 Å². The molecule has 3 rings (SSSR count). The van der Waals surface area contributed by atoms with E-state index < -0.39 is 18.2 Å². The van der Waals surface area contributed by atoms with Crippen LogP contribution in [0.2, 0.25) is 0 Å². The zero-order chi connectivity index (χ0) is 24.0. The monoisotopic (exact) mass is 452 g/mol. The fourth-order valence-electron chi connectivity index (χ4n) is 3.49. The Morgan fingerprint density at radius 3 is 2.55 bits per heavy atom. The number of benzene rings is 2. The minimum atomic E-state index is -1.05. The zero-order valence-corrected chi connectivity index (χ0v) is 19.1. The lowest BCUT2D eigenvalue weighted by atomic mass is 10.1. The second-order valence-corrected chi connectivity index (χ2v) is 7.64. The second kappa shape index (κ2) is 10.8. The van der Waals surface area contributed by atoms with Crippen LogP contribution in [0.15, 0.2) is 54.7 Å². The van der Waals surface area contributed by atoms with E-state index >= 15 is 0 Å². The molecule has 1 N–H and O–H groups in total. The highest BCUT2D eigenvalue weighted by Crippen LogP contribution is 2.36. The van der Waals surface area contributed by atoms with E-state index in [1.54, 1.807) is 38.2 Å². The number of pyridine rings is 1. The molecule has 2 aromatic carbocycles. The maximum Gasteiger partial charge on any atom is 0.418 e. The lowest BCUT2D eigenvalue weighted by molar-refractivity contribution is -0.153. The predicted octanol–water partition coefficient (Wildman–Crippen LogP) is 4.96. The maximum atomic E-state index is 12.9. The average molecular weight is 453 g/mol. The Bertz CT molecular complexity index is 1130. The number of carboxylic acid groups (broad SMARTS) is 1. The largest absolute Gasteiger partial charge is 0.492 e. The molecule has 0 spiro atoms. The Kier molecular flexibility index (Phi) is 7.84. The Hall–Kier alpha value is -3.65. The van der Waals surface area contributed by atoms with Gasteiger partial charge in [-0.3, -0.25) is 4.98 Å². The third-order valence-electron chi connectivity index (χ3n) is 4.89. The van der Waals surface area contributed by atoms with E-state index in [1.807, 2.05) is 37.3 Å². The number of carbonyl (C=O) groups excluding carboxylic acids is 1. The van der Waals surface area contributed by atoms with Crippen LogP contribution in [-0.2, 0) is 20.7 Å². The first-order valence-corrected chi connectivity index (χ1v) is 10.7. The number of fused-ring (bicyclic) bond motifs is 1. The number of carbonyl (C=O) groups is 2. The van der Waals surface area contributed by atoms with Crippen LogP contribution in [0.3, 0.4) is 0 Å². The Balaban J connectivity index is 2.09. The standard InChI is InChI=1S/C25H28N2O6/c1-5-32-22-11-10-17(13-23(24(28)29)33-16(2)3)12-21(22)27(25(30)31-4)19-14-18-8-6-7-9-20(18)26-15-19/h6-12,14-16,23H,5,13H2,1-4H3,(H,28,29). The van der Waals surface area contributed by atoms with Crippen LogP contribution in [0.5, 0.6) is 5.75 Å². The van der Waals surface area contributed by atoms with Gasteiger partial charge < -0.3 is 19.3 Å². The van der Waals surface area contributed by atoms with Crippen molar-refractivity contribution in [2.45, 2.75) is 39.4 Å². The fourth-order valence-corrected chi connectivity index (χ4v) is 3.49. The first-order valence-electron chi connectivity index (χ1n) is 10.7. The molecule has 0 aliphatic carbocycles. The van der Waals surface area contributed by atoms with Gasteiger partial charge in [0.25, 0.3) is 0 Å². The van der Waals surface area contributed by atoms with E-state index in [0.717, 1.165) is 10.9 Å². The molecule has 0 saturated heterocycles. The number of anilines is 2. The molecule has 0 aliphatic rings. The number of methoxy groups -OCH3 is 1. The zero-order valence-electron chi connectivity index (χ0n) is 19.1. The van der Waals surface area contributed by atoms with Gasteiger partial charge in [-0.15, -0.1) is 0 Å². The molecule has 8 nitrogen and oxygen atoms in total. The summed E-state index contributed by atoms with van der Waals surface area (Å²) in [5.74, 6) is -0.598. The van der Waals surface area contributed by atoms with E-state index in [4.69, 9.17) is 14.2 Å². The second-order valence-electron chi connectivity index (χ2n) is 7.64. The number of para-hydroxylation sites is 1. The Morgan fingerprint density at radius 2 is 1.88 bits per heavy atom. The predicted molar refractivity (Wildman–Crippen MR) is 125 cm³/mol. The maximum absolute atomic E-state index is 12.9. The first-order chi connectivity index (χ1) is 15.8. The van der Waals surface area contributed by atoms with Crippen molar-refractivity contribution in [3.8, 4) is 5.75 Å². The van der Waals surface area contributed by atoms with Crippen molar-refractivity contribution in [3.63, 3.8) is 0 Å². The molecule has 1 atom stereocenters. The quantitative estimate of drug-likeness (QED) is 0.490. The smallest absolute Gasteiger partial charge is 0.418 e. The highest BCUT2D eigenvalue weighted by molar-refractivity contribution is 5.99. The third kappa shape index (κ3) is 5.78. The van der Waals surface area contributed by atoms with Gasteiger partial charge in [-0.1, -0.05) is 24.3 Å². The Labute approximate surface area is 192 Å². The summed E-state index contributed by atoms with van der Waals surface area (Å²) >= 11 is 0. The lowest BCUT2D eigenvalue weighted by Gasteiger charge is -2.25. The molecule has 1 amide bonds. The molecule has 8 heteroatoms. The van der Waals surface area contributed by atoms with Crippen molar-refractivity contribution in [3.05, 3.63) is 60.3 Å². The van der Waals surface area contributed by atoms with Gasteiger partial charge in [-0.05, 0) is 50.6 Å². The first kappa shape index (κ1) is 24.0. The number of rotatable bonds is 9. The number of hydrogen-bond donors (Lipinski definition) is 1.